The highest BCUT2D eigenvalue weighted by molar-refractivity contribution is 7.12. The van der Waals surface area contributed by atoms with Gasteiger partial charge in [0.2, 0.25) is 0 Å². The first kappa shape index (κ1) is 9.22. The molecule has 72 valence electrons. The molecule has 13 heavy (non-hydrogen) atoms. The average molecular weight is 196 g/mol. The Labute approximate surface area is 83.4 Å². The van der Waals surface area contributed by atoms with Crippen LogP contribution in [-0.4, -0.2) is 11.2 Å². The van der Waals surface area contributed by atoms with Gasteiger partial charge in [0.05, 0.1) is 6.10 Å². The molecular formula is C11H16OS. The van der Waals surface area contributed by atoms with Gasteiger partial charge >= 0.3 is 0 Å². The summed E-state index contributed by atoms with van der Waals surface area (Å²) in [6.45, 7) is 2.13. The quantitative estimate of drug-likeness (QED) is 0.732. The zero-order valence-electron chi connectivity index (χ0n) is 7.99. The molecule has 1 aromatic heterocycles. The van der Waals surface area contributed by atoms with Gasteiger partial charge in [0, 0.05) is 15.7 Å². The minimum Gasteiger partial charge on any atom is -0.392 e. The molecule has 1 saturated carbocycles. The number of hydrogen-bond donors (Lipinski definition) is 1. The number of aryl methyl sites for hydroxylation is 1. The zero-order valence-corrected chi connectivity index (χ0v) is 8.81. The van der Waals surface area contributed by atoms with E-state index >= 15 is 0 Å². The molecule has 0 spiro atoms. The first-order chi connectivity index (χ1) is 6.27. The van der Waals surface area contributed by atoms with Crippen LogP contribution in [0.5, 0.6) is 0 Å². The first-order valence-corrected chi connectivity index (χ1v) is 5.83. The summed E-state index contributed by atoms with van der Waals surface area (Å²) >= 11 is 1.84. The van der Waals surface area contributed by atoms with Crippen LogP contribution in [0.25, 0.3) is 0 Å². The van der Waals surface area contributed by atoms with Gasteiger partial charge in [-0.1, -0.05) is 12.8 Å². The standard InChI is InChI=1S/C11H16OS/c1-8-6-7-11(13-8)9-4-2-3-5-10(9)12/h6-7,9-10,12H,2-5H2,1H3/t9-,10-/m1/s1. The van der Waals surface area contributed by atoms with Crippen LogP contribution in [0.3, 0.4) is 0 Å². The summed E-state index contributed by atoms with van der Waals surface area (Å²) in [6, 6.07) is 4.33. The second-order valence-corrected chi connectivity index (χ2v) is 5.23. The smallest absolute Gasteiger partial charge is 0.0616 e. The predicted octanol–water partition coefficient (Wildman–Crippen LogP) is 3.08. The third-order valence-corrected chi connectivity index (χ3v) is 3.99. The Hall–Kier alpha value is -0.340. The molecule has 0 unspecified atom stereocenters. The fourth-order valence-electron chi connectivity index (χ4n) is 2.10. The van der Waals surface area contributed by atoms with Gasteiger partial charge in [0.25, 0.3) is 0 Å². The van der Waals surface area contributed by atoms with Gasteiger partial charge in [-0.25, -0.2) is 0 Å². The van der Waals surface area contributed by atoms with Gasteiger partial charge in [-0.15, -0.1) is 11.3 Å². The average Bonchev–Trinajstić information content (AvgIpc) is 2.53. The van der Waals surface area contributed by atoms with Crippen LogP contribution in [0.2, 0.25) is 0 Å². The van der Waals surface area contributed by atoms with Gasteiger partial charge in [0.1, 0.15) is 0 Å². The van der Waals surface area contributed by atoms with Crippen molar-refractivity contribution in [2.75, 3.05) is 0 Å². The van der Waals surface area contributed by atoms with Crippen LogP contribution < -0.4 is 0 Å². The SMILES string of the molecule is Cc1ccc([C@@H]2CCCC[C@H]2O)s1. The number of hydrogen-bond acceptors (Lipinski definition) is 2. The van der Waals surface area contributed by atoms with Crippen molar-refractivity contribution in [3.63, 3.8) is 0 Å². The van der Waals surface area contributed by atoms with E-state index in [4.69, 9.17) is 0 Å². The van der Waals surface area contributed by atoms with E-state index in [2.05, 4.69) is 19.1 Å². The van der Waals surface area contributed by atoms with Crippen molar-refractivity contribution in [1.82, 2.24) is 0 Å². The van der Waals surface area contributed by atoms with E-state index in [0.717, 1.165) is 6.42 Å². The minimum absolute atomic E-state index is 0.0909. The maximum absolute atomic E-state index is 9.84. The topological polar surface area (TPSA) is 20.2 Å². The summed E-state index contributed by atoms with van der Waals surface area (Å²) in [5.41, 5.74) is 0. The van der Waals surface area contributed by atoms with E-state index in [-0.39, 0.29) is 6.10 Å². The molecule has 1 aliphatic rings. The van der Waals surface area contributed by atoms with Crippen LogP contribution >= 0.6 is 11.3 Å². The highest BCUT2D eigenvalue weighted by atomic mass is 32.1. The number of aliphatic hydroxyl groups is 1. The van der Waals surface area contributed by atoms with E-state index in [9.17, 15) is 5.11 Å². The van der Waals surface area contributed by atoms with E-state index in [1.165, 1.54) is 29.0 Å². The maximum Gasteiger partial charge on any atom is 0.0616 e. The number of rotatable bonds is 1. The van der Waals surface area contributed by atoms with E-state index in [1.54, 1.807) is 0 Å². The van der Waals surface area contributed by atoms with Crippen LogP contribution in [0.4, 0.5) is 0 Å². The molecular weight excluding hydrogens is 180 g/mol. The first-order valence-electron chi connectivity index (χ1n) is 5.02. The van der Waals surface area contributed by atoms with Gasteiger partial charge in [-0.05, 0) is 31.9 Å². The van der Waals surface area contributed by atoms with Crippen molar-refractivity contribution in [1.29, 1.82) is 0 Å². The molecule has 2 rings (SSSR count). The summed E-state index contributed by atoms with van der Waals surface area (Å²) in [4.78, 5) is 2.73. The van der Waals surface area contributed by atoms with Crippen LogP contribution in [-0.2, 0) is 0 Å². The highest BCUT2D eigenvalue weighted by Crippen LogP contribution is 2.36. The summed E-state index contributed by atoms with van der Waals surface area (Å²) in [5, 5.41) is 9.84. The lowest BCUT2D eigenvalue weighted by molar-refractivity contribution is 0.107. The Morgan fingerprint density at radius 1 is 1.31 bits per heavy atom. The summed E-state index contributed by atoms with van der Waals surface area (Å²) in [7, 11) is 0. The molecule has 0 bridgehead atoms. The molecule has 1 N–H and O–H groups in total. The van der Waals surface area contributed by atoms with Crippen LogP contribution in [0.15, 0.2) is 12.1 Å². The maximum atomic E-state index is 9.84. The molecule has 1 heterocycles. The largest absolute Gasteiger partial charge is 0.392 e. The Morgan fingerprint density at radius 2 is 2.08 bits per heavy atom. The fraction of sp³-hybridized carbons (Fsp3) is 0.636. The van der Waals surface area contributed by atoms with Crippen molar-refractivity contribution >= 4 is 11.3 Å². The third-order valence-electron chi connectivity index (χ3n) is 2.86. The Bertz CT molecular complexity index is 279. The molecule has 1 aromatic rings. The predicted molar refractivity (Wildman–Crippen MR) is 56.3 cm³/mol. The number of aliphatic hydroxyl groups excluding tert-OH is 1. The second-order valence-electron chi connectivity index (χ2n) is 3.91. The summed E-state index contributed by atoms with van der Waals surface area (Å²) in [5.74, 6) is 0.424. The van der Waals surface area contributed by atoms with Crippen LogP contribution in [0, 0.1) is 6.92 Å². The highest BCUT2D eigenvalue weighted by Gasteiger charge is 2.25. The van der Waals surface area contributed by atoms with Crippen molar-refractivity contribution < 1.29 is 5.11 Å². The molecule has 1 fully saturated rings. The molecule has 2 heteroatoms. The molecule has 0 saturated heterocycles. The molecule has 0 radical (unpaired) electrons. The molecule has 1 nitrogen and oxygen atoms in total. The van der Waals surface area contributed by atoms with Crippen molar-refractivity contribution in [3.05, 3.63) is 21.9 Å². The molecule has 2 atom stereocenters. The van der Waals surface area contributed by atoms with Crippen molar-refractivity contribution in [2.45, 2.75) is 44.6 Å². The zero-order chi connectivity index (χ0) is 9.26. The van der Waals surface area contributed by atoms with Gasteiger partial charge in [-0.2, -0.15) is 0 Å². The van der Waals surface area contributed by atoms with E-state index in [0.29, 0.717) is 5.92 Å². The lowest BCUT2D eigenvalue weighted by Crippen LogP contribution is -2.21. The van der Waals surface area contributed by atoms with Gasteiger partial charge in [0.15, 0.2) is 0 Å². The normalized spacial score (nSPS) is 29.1. The second kappa shape index (κ2) is 3.81. The van der Waals surface area contributed by atoms with Crippen molar-refractivity contribution in [3.8, 4) is 0 Å². The Balaban J connectivity index is 2.14. The molecule has 1 aliphatic carbocycles. The molecule has 0 aromatic carbocycles. The molecule has 0 aliphatic heterocycles. The van der Waals surface area contributed by atoms with Gasteiger partial charge in [-0.3, -0.25) is 0 Å². The summed E-state index contributed by atoms with van der Waals surface area (Å²) < 4.78 is 0. The minimum atomic E-state index is -0.0909. The molecule has 0 amide bonds. The van der Waals surface area contributed by atoms with Gasteiger partial charge < -0.3 is 5.11 Å². The lowest BCUT2D eigenvalue weighted by atomic mass is 9.85. The Kier molecular flexibility index (Phi) is 2.70. The van der Waals surface area contributed by atoms with Crippen molar-refractivity contribution in [2.24, 2.45) is 0 Å². The van der Waals surface area contributed by atoms with Crippen LogP contribution in [0.1, 0.15) is 41.4 Å². The van der Waals surface area contributed by atoms with E-state index in [1.807, 2.05) is 11.3 Å². The fourth-order valence-corrected chi connectivity index (χ4v) is 3.17. The lowest BCUT2D eigenvalue weighted by Gasteiger charge is -2.26. The van der Waals surface area contributed by atoms with E-state index < -0.39 is 0 Å². The summed E-state index contributed by atoms with van der Waals surface area (Å²) in [6.07, 6.45) is 4.54. The Morgan fingerprint density at radius 3 is 2.69 bits per heavy atom. The monoisotopic (exact) mass is 196 g/mol. The number of thiophene rings is 1. The third kappa shape index (κ3) is 1.94.